The average molecular weight is 807 g/mol. The van der Waals surface area contributed by atoms with Gasteiger partial charge in [0.15, 0.2) is 11.7 Å². The van der Waals surface area contributed by atoms with E-state index in [1.165, 1.54) is 21.5 Å². The van der Waals surface area contributed by atoms with E-state index in [0.717, 1.165) is 88.2 Å². The van der Waals surface area contributed by atoms with Crippen LogP contribution in [0.1, 0.15) is 22.3 Å². The molecule has 0 bridgehead atoms. The van der Waals surface area contributed by atoms with Crippen LogP contribution in [-0.4, -0.2) is 22.0 Å². The highest BCUT2D eigenvalue weighted by molar-refractivity contribution is 6.28. The van der Waals surface area contributed by atoms with Gasteiger partial charge in [0.25, 0.3) is 0 Å². The molecular weight excluding hydrogens is 769 g/mol. The molecule has 0 radical (unpaired) electrons. The molecule has 12 rings (SSSR count). The predicted molar refractivity (Wildman–Crippen MR) is 264 cm³/mol. The second-order valence-electron chi connectivity index (χ2n) is 16.0. The largest absolute Gasteiger partial charge is 0.487 e. The molecule has 1 N–H and O–H groups in total. The van der Waals surface area contributed by atoms with E-state index in [-0.39, 0.29) is 5.84 Å². The van der Waals surface area contributed by atoms with Crippen molar-refractivity contribution in [1.82, 2.24) is 4.57 Å². The molecule has 0 aliphatic carbocycles. The van der Waals surface area contributed by atoms with Gasteiger partial charge >= 0.3 is 0 Å². The number of para-hydroxylation sites is 1. The second-order valence-corrected chi connectivity index (χ2v) is 16.0. The Hall–Kier alpha value is -8.41. The lowest BCUT2D eigenvalue weighted by atomic mass is 9.87. The van der Waals surface area contributed by atoms with Crippen LogP contribution in [0.25, 0.3) is 81.7 Å². The molecule has 296 valence electrons. The van der Waals surface area contributed by atoms with Crippen LogP contribution in [0.15, 0.2) is 217 Å². The summed E-state index contributed by atoms with van der Waals surface area (Å²) in [6, 6.07) is 67.6. The van der Waals surface area contributed by atoms with Crippen molar-refractivity contribution in [3.63, 3.8) is 0 Å². The van der Waals surface area contributed by atoms with E-state index in [1.807, 2.05) is 54.6 Å². The summed E-state index contributed by atoms with van der Waals surface area (Å²) in [7, 11) is 0. The zero-order chi connectivity index (χ0) is 42.0. The van der Waals surface area contributed by atoms with Crippen molar-refractivity contribution in [3.8, 4) is 22.6 Å². The minimum atomic E-state index is 0.119. The number of nitrogens with one attached hydrogen (secondary N) is 1. The third kappa shape index (κ3) is 5.82. The van der Waals surface area contributed by atoms with Gasteiger partial charge in [-0.2, -0.15) is 0 Å². The lowest BCUT2D eigenvalue weighted by Crippen LogP contribution is -2.15. The Bertz CT molecular complexity index is 3780. The molecule has 0 atom stereocenters. The number of aliphatic imine (C=N–C) groups is 2. The lowest BCUT2D eigenvalue weighted by molar-refractivity contribution is 0.302. The van der Waals surface area contributed by atoms with Crippen LogP contribution >= 0.6 is 0 Å². The van der Waals surface area contributed by atoms with Gasteiger partial charge in [-0.25, -0.2) is 9.98 Å². The molecular formula is C58H38N4O. The maximum Gasteiger partial charge on any atom is 0.162 e. The van der Waals surface area contributed by atoms with Crippen molar-refractivity contribution in [2.24, 2.45) is 9.98 Å². The highest BCUT2D eigenvalue weighted by Gasteiger charge is 2.31. The van der Waals surface area contributed by atoms with Crippen molar-refractivity contribution in [3.05, 3.63) is 229 Å². The summed E-state index contributed by atoms with van der Waals surface area (Å²) >= 11 is 0. The number of ether oxygens (including phenoxy) is 1. The zero-order valence-electron chi connectivity index (χ0n) is 34.2. The van der Waals surface area contributed by atoms with Crippen molar-refractivity contribution in [2.45, 2.75) is 6.61 Å². The minimum absolute atomic E-state index is 0.119. The Kier molecular flexibility index (Phi) is 8.47. The van der Waals surface area contributed by atoms with Crippen molar-refractivity contribution in [1.29, 1.82) is 5.41 Å². The Morgan fingerprint density at radius 2 is 1.10 bits per heavy atom. The number of hydrogen-bond acceptors (Lipinski definition) is 2. The normalized spacial score (nSPS) is 12.8. The van der Waals surface area contributed by atoms with Gasteiger partial charge in [0.1, 0.15) is 12.4 Å². The molecule has 5 heteroatoms. The first-order chi connectivity index (χ1) is 31.1. The van der Waals surface area contributed by atoms with E-state index in [1.54, 1.807) is 6.08 Å². The number of nitrogens with zero attached hydrogens (tertiary/aromatic N) is 3. The van der Waals surface area contributed by atoms with E-state index >= 15 is 0 Å². The van der Waals surface area contributed by atoms with Crippen LogP contribution < -0.4 is 4.74 Å². The molecule has 1 aliphatic rings. The molecule has 5 nitrogen and oxygen atoms in total. The molecule has 1 aliphatic heterocycles. The molecule has 2 heterocycles. The van der Waals surface area contributed by atoms with E-state index in [2.05, 4.69) is 151 Å². The number of allylic oxidation sites excluding steroid dienone is 1. The fourth-order valence-electron chi connectivity index (χ4n) is 9.70. The fourth-order valence-corrected chi connectivity index (χ4v) is 9.70. The first-order valence-electron chi connectivity index (χ1n) is 21.2. The van der Waals surface area contributed by atoms with Crippen LogP contribution in [0, 0.1) is 5.41 Å². The molecule has 0 saturated heterocycles. The fraction of sp³-hybridized carbons (Fsp3) is 0.0172. The van der Waals surface area contributed by atoms with E-state index < -0.39 is 0 Å². The van der Waals surface area contributed by atoms with Gasteiger partial charge in [-0.05, 0) is 73.1 Å². The van der Waals surface area contributed by atoms with Gasteiger partial charge in [-0.1, -0.05) is 183 Å². The lowest BCUT2D eigenvalue weighted by Gasteiger charge is -2.29. The van der Waals surface area contributed by atoms with Crippen molar-refractivity contribution >= 4 is 82.3 Å². The topological polar surface area (TPSA) is 62.7 Å². The van der Waals surface area contributed by atoms with Gasteiger partial charge in [-0.3, -0.25) is 5.41 Å². The van der Waals surface area contributed by atoms with Gasteiger partial charge in [0.05, 0.1) is 28.0 Å². The monoisotopic (exact) mass is 806 g/mol. The van der Waals surface area contributed by atoms with Gasteiger partial charge < -0.3 is 9.30 Å². The predicted octanol–water partition coefficient (Wildman–Crippen LogP) is 14.4. The van der Waals surface area contributed by atoms with Gasteiger partial charge in [-0.15, -0.1) is 0 Å². The summed E-state index contributed by atoms with van der Waals surface area (Å²) in [5, 5.41) is 20.4. The SMILES string of the molecule is C=CC(=NC(=NC(=N)c1cccc2ccccc12)c1cccc2ccccc12)c1c2c(c(-n3c4ccccc4c4cc5ccccc5cc43)c3ccccc13)-c1ccccc1CO2. The maximum absolute atomic E-state index is 9.55. The molecule has 0 unspecified atom stereocenters. The Morgan fingerprint density at radius 3 is 1.84 bits per heavy atom. The molecule has 11 aromatic rings. The number of aromatic nitrogens is 1. The summed E-state index contributed by atoms with van der Waals surface area (Å²) in [4.78, 5) is 10.6. The molecule has 63 heavy (non-hydrogen) atoms. The first kappa shape index (κ1) is 36.4. The third-order valence-electron chi connectivity index (χ3n) is 12.5. The minimum Gasteiger partial charge on any atom is -0.487 e. The Balaban J connectivity index is 1.18. The van der Waals surface area contributed by atoms with Gasteiger partial charge in [0, 0.05) is 32.8 Å². The van der Waals surface area contributed by atoms with E-state index in [4.69, 9.17) is 14.7 Å². The molecule has 0 fully saturated rings. The number of rotatable bonds is 5. The molecule has 0 spiro atoms. The van der Waals surface area contributed by atoms with Crippen LogP contribution in [0.3, 0.4) is 0 Å². The second kappa shape index (κ2) is 14.6. The van der Waals surface area contributed by atoms with Gasteiger partial charge in [0.2, 0.25) is 0 Å². The summed E-state index contributed by atoms with van der Waals surface area (Å²) in [5.41, 5.74) is 9.44. The first-order valence-corrected chi connectivity index (χ1v) is 21.2. The number of hydrogen-bond donors (Lipinski definition) is 1. The molecule has 0 amide bonds. The summed E-state index contributed by atoms with van der Waals surface area (Å²) < 4.78 is 9.47. The number of amidine groups is 2. The highest BCUT2D eigenvalue weighted by Crippen LogP contribution is 2.50. The summed E-state index contributed by atoms with van der Waals surface area (Å²) in [6.07, 6.45) is 1.81. The van der Waals surface area contributed by atoms with Crippen LogP contribution in [0.4, 0.5) is 0 Å². The summed E-state index contributed by atoms with van der Waals surface area (Å²) in [5.74, 6) is 1.26. The standard InChI is InChI=1S/C58H38N4O/c1-2-50(60-58(48-31-16-23-37-18-6-9-25-42(37)48)61-57(59)47-30-15-22-36-17-5-8-24-41(36)47)53-45-28-11-12-29-46(45)55(54-43-26-10-7-21-40(43)35-63-56(53)54)62-51-32-14-13-27-44(51)49-33-38-19-3-4-20-39(38)34-52(49)62/h2-34,59H,1,35H2. The molecule has 1 aromatic heterocycles. The van der Waals surface area contributed by atoms with Crippen molar-refractivity contribution < 1.29 is 4.74 Å². The Labute approximate surface area is 363 Å². The quantitative estimate of drug-likeness (QED) is 0.137. The highest BCUT2D eigenvalue weighted by atomic mass is 16.5. The van der Waals surface area contributed by atoms with Crippen LogP contribution in [-0.2, 0) is 6.61 Å². The van der Waals surface area contributed by atoms with Crippen LogP contribution in [0.5, 0.6) is 5.75 Å². The van der Waals surface area contributed by atoms with E-state index in [9.17, 15) is 5.41 Å². The number of fused-ring (bicyclic) bond motifs is 10. The third-order valence-corrected chi connectivity index (χ3v) is 12.5. The Morgan fingerprint density at radius 1 is 0.524 bits per heavy atom. The van der Waals surface area contributed by atoms with Crippen molar-refractivity contribution in [2.75, 3.05) is 0 Å². The maximum atomic E-state index is 9.55. The molecule has 0 saturated carbocycles. The molecule has 10 aromatic carbocycles. The average Bonchev–Trinajstić information content (AvgIpc) is 3.65. The van der Waals surface area contributed by atoms with E-state index in [0.29, 0.717) is 18.2 Å². The zero-order valence-corrected chi connectivity index (χ0v) is 34.2. The smallest absolute Gasteiger partial charge is 0.162 e. The number of benzene rings is 10. The summed E-state index contributed by atoms with van der Waals surface area (Å²) in [6.45, 7) is 4.80. The van der Waals surface area contributed by atoms with Crippen LogP contribution in [0.2, 0.25) is 0 Å².